The minimum Gasteiger partial charge on any atom is -0.463 e. The number of amidine groups is 1. The van der Waals surface area contributed by atoms with Gasteiger partial charge in [0.1, 0.15) is 11.7 Å². The average Bonchev–Trinajstić information content (AvgIpc) is 2.76. The second-order valence-corrected chi connectivity index (χ2v) is 7.95. The SMILES string of the molecule is CCOC(=O)C1=C(COCCOC)NC(c2ncccc2F)=NC1c1ccc(Cl)cc1Br. The number of halogens is 3. The first-order valence-corrected chi connectivity index (χ1v) is 11.0. The Hall–Kier alpha value is -2.33. The van der Waals surface area contributed by atoms with E-state index in [-0.39, 0.29) is 30.3 Å². The van der Waals surface area contributed by atoms with Gasteiger partial charge in [0.15, 0.2) is 11.7 Å². The van der Waals surface area contributed by atoms with Gasteiger partial charge in [0.05, 0.1) is 37.7 Å². The molecule has 1 aromatic heterocycles. The Bertz CT molecular complexity index is 1050. The number of pyridine rings is 1. The van der Waals surface area contributed by atoms with E-state index < -0.39 is 17.8 Å². The molecule has 0 bridgehead atoms. The van der Waals surface area contributed by atoms with Gasteiger partial charge in [-0.1, -0.05) is 33.6 Å². The van der Waals surface area contributed by atoms with E-state index in [4.69, 9.17) is 25.8 Å². The molecule has 1 N–H and O–H groups in total. The molecule has 1 aliphatic heterocycles. The second-order valence-electron chi connectivity index (χ2n) is 6.66. The van der Waals surface area contributed by atoms with Crippen LogP contribution in [0.5, 0.6) is 0 Å². The van der Waals surface area contributed by atoms with E-state index >= 15 is 0 Å². The molecule has 2 heterocycles. The number of benzene rings is 1. The van der Waals surface area contributed by atoms with Crippen LogP contribution in [0, 0.1) is 5.82 Å². The Balaban J connectivity index is 2.13. The van der Waals surface area contributed by atoms with E-state index in [0.717, 1.165) is 0 Å². The third-order valence-electron chi connectivity index (χ3n) is 4.54. The van der Waals surface area contributed by atoms with E-state index in [9.17, 15) is 9.18 Å². The minimum atomic E-state index is -0.806. The fourth-order valence-corrected chi connectivity index (χ4v) is 4.00. The number of nitrogens with zero attached hydrogens (tertiary/aromatic N) is 2. The number of nitrogens with one attached hydrogen (secondary N) is 1. The monoisotopic (exact) mass is 525 g/mol. The number of hydrogen-bond acceptors (Lipinski definition) is 7. The van der Waals surface area contributed by atoms with Gasteiger partial charge < -0.3 is 19.5 Å². The molecule has 0 spiro atoms. The summed E-state index contributed by atoms with van der Waals surface area (Å²) in [5.41, 5.74) is 1.34. The highest BCUT2D eigenvalue weighted by Gasteiger charge is 2.34. The lowest BCUT2D eigenvalue weighted by Crippen LogP contribution is -2.37. The number of aliphatic imine (C=N–C) groups is 1. The Morgan fingerprint density at radius 1 is 1.31 bits per heavy atom. The summed E-state index contributed by atoms with van der Waals surface area (Å²) in [5, 5.41) is 3.54. The van der Waals surface area contributed by atoms with Crippen LogP contribution in [0.2, 0.25) is 5.02 Å². The van der Waals surface area contributed by atoms with Gasteiger partial charge in [-0.25, -0.2) is 14.2 Å². The molecule has 170 valence electrons. The molecule has 7 nitrogen and oxygen atoms in total. The van der Waals surface area contributed by atoms with Crippen molar-refractivity contribution in [2.45, 2.75) is 13.0 Å². The summed E-state index contributed by atoms with van der Waals surface area (Å²) in [4.78, 5) is 21.7. The summed E-state index contributed by atoms with van der Waals surface area (Å²) < 4.78 is 31.1. The van der Waals surface area contributed by atoms with Crippen LogP contribution in [0.4, 0.5) is 4.39 Å². The van der Waals surface area contributed by atoms with Crippen LogP contribution in [0.3, 0.4) is 0 Å². The number of aromatic nitrogens is 1. The van der Waals surface area contributed by atoms with Crippen LogP contribution >= 0.6 is 27.5 Å². The number of carbonyl (C=O) groups excluding carboxylic acids is 1. The second kappa shape index (κ2) is 11.5. The summed E-state index contributed by atoms with van der Waals surface area (Å²) in [5.74, 6) is -0.929. The lowest BCUT2D eigenvalue weighted by atomic mass is 9.95. The number of ether oxygens (including phenoxy) is 3. The van der Waals surface area contributed by atoms with E-state index in [1.807, 2.05) is 0 Å². The van der Waals surface area contributed by atoms with E-state index in [2.05, 4.69) is 31.2 Å². The number of esters is 1. The molecule has 0 aliphatic carbocycles. The smallest absolute Gasteiger partial charge is 0.338 e. The third-order valence-corrected chi connectivity index (χ3v) is 5.46. The lowest BCUT2D eigenvalue weighted by molar-refractivity contribution is -0.139. The predicted octanol–water partition coefficient (Wildman–Crippen LogP) is 4.21. The molecule has 10 heteroatoms. The Labute approximate surface area is 198 Å². The molecule has 0 saturated carbocycles. The van der Waals surface area contributed by atoms with Crippen molar-refractivity contribution in [3.63, 3.8) is 0 Å². The van der Waals surface area contributed by atoms with Gasteiger partial charge in [-0.05, 0) is 36.8 Å². The summed E-state index contributed by atoms with van der Waals surface area (Å²) in [6, 6.07) is 7.12. The van der Waals surface area contributed by atoms with Crippen LogP contribution in [0.1, 0.15) is 24.2 Å². The van der Waals surface area contributed by atoms with Crippen LogP contribution in [0.25, 0.3) is 0 Å². The zero-order valence-corrected chi connectivity index (χ0v) is 19.9. The van der Waals surface area contributed by atoms with Crippen molar-refractivity contribution in [2.75, 3.05) is 33.5 Å². The zero-order valence-electron chi connectivity index (χ0n) is 17.5. The maximum absolute atomic E-state index is 14.5. The molecule has 0 fully saturated rings. The molecule has 1 aromatic carbocycles. The van der Waals surface area contributed by atoms with Crippen molar-refractivity contribution in [1.82, 2.24) is 10.3 Å². The molecular weight excluding hydrogens is 505 g/mol. The van der Waals surface area contributed by atoms with E-state index in [1.54, 1.807) is 32.2 Å². The maximum atomic E-state index is 14.5. The molecule has 1 aliphatic rings. The van der Waals surface area contributed by atoms with Crippen molar-refractivity contribution >= 4 is 39.3 Å². The summed E-state index contributed by atoms with van der Waals surface area (Å²) >= 11 is 9.60. The average molecular weight is 527 g/mol. The molecule has 32 heavy (non-hydrogen) atoms. The van der Waals surface area contributed by atoms with Gasteiger partial charge in [0.2, 0.25) is 0 Å². The summed E-state index contributed by atoms with van der Waals surface area (Å²) in [7, 11) is 1.56. The summed E-state index contributed by atoms with van der Waals surface area (Å²) in [6.07, 6.45) is 1.47. The molecule has 1 atom stereocenters. The predicted molar refractivity (Wildman–Crippen MR) is 122 cm³/mol. The van der Waals surface area contributed by atoms with Crippen molar-refractivity contribution < 1.29 is 23.4 Å². The standard InChI is InChI=1S/C22H22BrClFN3O4/c1-3-32-22(29)18-17(12-31-10-9-30-2)27-21(20-16(25)5-4-8-26-20)28-19(18)14-7-6-13(24)11-15(14)23/h4-8,11,19H,3,9-10,12H2,1-2H3,(H,27,28). The van der Waals surface area contributed by atoms with Gasteiger partial charge in [0.25, 0.3) is 0 Å². The first-order valence-electron chi connectivity index (χ1n) is 9.83. The topological polar surface area (TPSA) is 82.0 Å². The van der Waals surface area contributed by atoms with Crippen LogP contribution in [-0.2, 0) is 19.0 Å². The molecule has 2 aromatic rings. The van der Waals surface area contributed by atoms with Crippen molar-refractivity contribution in [2.24, 2.45) is 4.99 Å². The highest BCUT2D eigenvalue weighted by atomic mass is 79.9. The summed E-state index contributed by atoms with van der Waals surface area (Å²) in [6.45, 7) is 2.61. The fraction of sp³-hybridized carbons (Fsp3) is 0.318. The zero-order chi connectivity index (χ0) is 23.1. The van der Waals surface area contributed by atoms with Crippen LogP contribution in [-0.4, -0.2) is 50.3 Å². The Kier molecular flexibility index (Phi) is 8.75. The Morgan fingerprint density at radius 2 is 2.12 bits per heavy atom. The van der Waals surface area contributed by atoms with Crippen LogP contribution in [0.15, 0.2) is 57.3 Å². The molecule has 3 rings (SSSR count). The fourth-order valence-electron chi connectivity index (χ4n) is 3.10. The van der Waals surface area contributed by atoms with Gasteiger partial charge in [-0.15, -0.1) is 0 Å². The molecule has 0 saturated heterocycles. The quantitative estimate of drug-likeness (QED) is 0.389. The first kappa shape index (κ1) is 24.3. The number of hydrogen-bond donors (Lipinski definition) is 1. The highest BCUT2D eigenvalue weighted by Crippen LogP contribution is 2.37. The number of carbonyl (C=O) groups is 1. The molecule has 1 unspecified atom stereocenters. The van der Waals surface area contributed by atoms with E-state index in [1.165, 1.54) is 18.3 Å². The normalized spacial score (nSPS) is 15.9. The van der Waals surface area contributed by atoms with Crippen molar-refractivity contribution in [1.29, 1.82) is 0 Å². The van der Waals surface area contributed by atoms with E-state index in [0.29, 0.717) is 34.0 Å². The van der Waals surface area contributed by atoms with Gasteiger partial charge in [-0.2, -0.15) is 0 Å². The highest BCUT2D eigenvalue weighted by molar-refractivity contribution is 9.10. The van der Waals surface area contributed by atoms with Crippen molar-refractivity contribution in [3.8, 4) is 0 Å². The number of methoxy groups -OCH3 is 1. The number of rotatable bonds is 9. The van der Waals surface area contributed by atoms with Crippen LogP contribution < -0.4 is 5.32 Å². The maximum Gasteiger partial charge on any atom is 0.338 e. The van der Waals surface area contributed by atoms with Crippen molar-refractivity contribution in [3.05, 3.63) is 74.4 Å². The first-order chi connectivity index (χ1) is 15.5. The molecule has 0 amide bonds. The van der Waals surface area contributed by atoms with Gasteiger partial charge >= 0.3 is 5.97 Å². The van der Waals surface area contributed by atoms with Gasteiger partial charge in [0, 0.05) is 22.8 Å². The lowest BCUT2D eigenvalue weighted by Gasteiger charge is -2.28. The molecular formula is C22H22BrClFN3O4. The largest absolute Gasteiger partial charge is 0.463 e. The van der Waals surface area contributed by atoms with Gasteiger partial charge in [-0.3, -0.25) is 4.99 Å². The third kappa shape index (κ3) is 5.72. The minimum absolute atomic E-state index is 0.0277. The molecule has 0 radical (unpaired) electrons. The Morgan fingerprint density at radius 3 is 2.81 bits per heavy atom.